The molecule has 0 radical (unpaired) electrons. The number of benzene rings is 1. The minimum absolute atomic E-state index is 0.0311. The summed E-state index contributed by atoms with van der Waals surface area (Å²) in [4.78, 5) is 32.2. The molecule has 1 aliphatic heterocycles. The van der Waals surface area contributed by atoms with Crippen molar-refractivity contribution in [3.63, 3.8) is 0 Å². The Kier molecular flexibility index (Phi) is 9.35. The lowest BCUT2D eigenvalue weighted by Gasteiger charge is -2.17. The highest BCUT2D eigenvalue weighted by Crippen LogP contribution is 2.23. The van der Waals surface area contributed by atoms with Crippen molar-refractivity contribution >= 4 is 23.3 Å². The Morgan fingerprint density at radius 3 is 2.55 bits per heavy atom. The number of amides is 2. The van der Waals surface area contributed by atoms with Crippen LogP contribution in [0.25, 0.3) is 0 Å². The van der Waals surface area contributed by atoms with E-state index in [9.17, 15) is 9.59 Å². The Labute approximate surface area is 182 Å². The number of carbonyl (C=O) groups excluding carboxylic acids is 2. The molecule has 0 saturated heterocycles. The van der Waals surface area contributed by atoms with E-state index in [2.05, 4.69) is 25.8 Å². The molecule has 2 aromatic heterocycles. The van der Waals surface area contributed by atoms with Crippen LogP contribution in [0.15, 0.2) is 47.2 Å². The molecular formula is C23H29N5O3. The van der Waals surface area contributed by atoms with Crippen molar-refractivity contribution in [1.82, 2.24) is 15.1 Å². The van der Waals surface area contributed by atoms with Gasteiger partial charge in [-0.15, -0.1) is 0 Å². The molecule has 8 heteroatoms. The average Bonchev–Trinajstić information content (AvgIpc) is 3.30. The lowest BCUT2D eigenvalue weighted by atomic mass is 10.0. The molecule has 3 aromatic rings. The van der Waals surface area contributed by atoms with Gasteiger partial charge in [-0.2, -0.15) is 0 Å². The quantitative estimate of drug-likeness (QED) is 0.628. The second kappa shape index (κ2) is 12.2. The van der Waals surface area contributed by atoms with Crippen LogP contribution in [0.4, 0.5) is 11.5 Å². The van der Waals surface area contributed by atoms with Gasteiger partial charge in [0.25, 0.3) is 5.91 Å². The summed E-state index contributed by atoms with van der Waals surface area (Å²) < 4.78 is 5.28. The zero-order chi connectivity index (χ0) is 22.6. The molecule has 0 bridgehead atoms. The average molecular weight is 424 g/mol. The predicted molar refractivity (Wildman–Crippen MR) is 120 cm³/mol. The summed E-state index contributed by atoms with van der Waals surface area (Å²) in [6.07, 6.45) is 3.65. The van der Waals surface area contributed by atoms with Crippen LogP contribution in [-0.2, 0) is 24.1 Å². The molecule has 1 aliphatic rings. The van der Waals surface area contributed by atoms with Gasteiger partial charge in [-0.25, -0.2) is 9.97 Å². The number of aryl methyl sites for hydroxylation is 2. The summed E-state index contributed by atoms with van der Waals surface area (Å²) in [5.41, 5.74) is 2.75. The fraction of sp³-hybridized carbons (Fsp3) is 0.348. The summed E-state index contributed by atoms with van der Waals surface area (Å²) >= 11 is 0. The third-order valence-electron chi connectivity index (χ3n) is 4.33. The summed E-state index contributed by atoms with van der Waals surface area (Å²) in [6.45, 7) is 8.00. The topological polar surface area (TPSA) is 110 Å². The molecule has 4 rings (SSSR count). The molecule has 1 aromatic carbocycles. The van der Waals surface area contributed by atoms with Crippen LogP contribution >= 0.6 is 0 Å². The fourth-order valence-electron chi connectivity index (χ4n) is 2.96. The van der Waals surface area contributed by atoms with Crippen LogP contribution in [0.3, 0.4) is 0 Å². The van der Waals surface area contributed by atoms with Gasteiger partial charge in [-0.3, -0.25) is 9.59 Å². The smallest absolute Gasteiger partial charge is 0.277 e. The van der Waals surface area contributed by atoms with E-state index in [1.165, 1.54) is 6.33 Å². The lowest BCUT2D eigenvalue weighted by Crippen LogP contribution is -2.22. The van der Waals surface area contributed by atoms with Crippen molar-refractivity contribution in [3.8, 4) is 0 Å². The molecule has 2 N–H and O–H groups in total. The van der Waals surface area contributed by atoms with Gasteiger partial charge in [-0.1, -0.05) is 51.1 Å². The van der Waals surface area contributed by atoms with Crippen molar-refractivity contribution in [3.05, 3.63) is 65.4 Å². The van der Waals surface area contributed by atoms with Gasteiger partial charge in [0, 0.05) is 35.9 Å². The van der Waals surface area contributed by atoms with Gasteiger partial charge in [-0.05, 0) is 25.0 Å². The Morgan fingerprint density at radius 1 is 1.06 bits per heavy atom. The Hall–Kier alpha value is -3.55. The number of para-hydroxylation sites is 1. The molecule has 0 fully saturated rings. The second-order valence-electron chi connectivity index (χ2n) is 6.19. The van der Waals surface area contributed by atoms with Gasteiger partial charge >= 0.3 is 0 Å². The van der Waals surface area contributed by atoms with Crippen LogP contribution in [0, 0.1) is 0 Å². The standard InChI is InChI=1S/C19H17N5O3.2C2H6/c25-17-9-7-14-15(20-11-21-18(14)23-17)8-6-13-10-16(24-27-13)19(26)22-12-4-2-1-3-5-12;2*1-2/h1-5,10-11H,6-9H2,(H,22,26)(H,20,21,23,25);2*1-2H3. The first-order valence-electron chi connectivity index (χ1n) is 10.6. The third-order valence-corrected chi connectivity index (χ3v) is 4.33. The lowest BCUT2D eigenvalue weighted by molar-refractivity contribution is -0.116. The van der Waals surface area contributed by atoms with Gasteiger partial charge in [0.2, 0.25) is 5.91 Å². The van der Waals surface area contributed by atoms with Crippen molar-refractivity contribution in [2.75, 3.05) is 10.6 Å². The number of fused-ring (bicyclic) bond motifs is 1. The number of hydrogen-bond acceptors (Lipinski definition) is 6. The number of aromatic nitrogens is 3. The minimum atomic E-state index is -0.321. The largest absolute Gasteiger partial charge is 0.361 e. The molecule has 8 nitrogen and oxygen atoms in total. The highest BCUT2D eigenvalue weighted by atomic mass is 16.5. The van der Waals surface area contributed by atoms with Crippen molar-refractivity contribution in [2.24, 2.45) is 0 Å². The summed E-state index contributed by atoms with van der Waals surface area (Å²) in [7, 11) is 0. The first-order valence-corrected chi connectivity index (χ1v) is 10.6. The highest BCUT2D eigenvalue weighted by molar-refractivity contribution is 6.02. The predicted octanol–water partition coefficient (Wildman–Crippen LogP) is 4.44. The van der Waals surface area contributed by atoms with Crippen molar-refractivity contribution in [2.45, 2.75) is 53.4 Å². The maximum Gasteiger partial charge on any atom is 0.277 e. The number of nitrogens with zero attached hydrogens (tertiary/aromatic N) is 3. The summed E-state index contributed by atoms with van der Waals surface area (Å²) in [6, 6.07) is 10.8. The number of carbonyl (C=O) groups is 2. The minimum Gasteiger partial charge on any atom is -0.361 e. The Balaban J connectivity index is 0.000000807. The zero-order valence-corrected chi connectivity index (χ0v) is 18.4. The molecular weight excluding hydrogens is 394 g/mol. The van der Waals surface area contributed by atoms with E-state index in [4.69, 9.17) is 4.52 Å². The van der Waals surface area contributed by atoms with E-state index in [1.54, 1.807) is 18.2 Å². The first-order chi connectivity index (χ1) is 15.2. The molecule has 0 aliphatic carbocycles. The van der Waals surface area contributed by atoms with Gasteiger partial charge in [0.05, 0.1) is 0 Å². The summed E-state index contributed by atoms with van der Waals surface area (Å²) in [5.74, 6) is 0.826. The van der Waals surface area contributed by atoms with Crippen LogP contribution in [0.1, 0.15) is 61.6 Å². The monoisotopic (exact) mass is 423 g/mol. The fourth-order valence-corrected chi connectivity index (χ4v) is 2.96. The van der Waals surface area contributed by atoms with E-state index >= 15 is 0 Å². The molecule has 0 spiro atoms. The maximum atomic E-state index is 12.2. The van der Waals surface area contributed by atoms with Crippen LogP contribution in [0.5, 0.6) is 0 Å². The molecule has 164 valence electrons. The van der Waals surface area contributed by atoms with E-state index in [1.807, 2.05) is 45.9 Å². The second-order valence-corrected chi connectivity index (χ2v) is 6.19. The van der Waals surface area contributed by atoms with Gasteiger partial charge in [0.1, 0.15) is 17.9 Å². The third kappa shape index (κ3) is 6.47. The van der Waals surface area contributed by atoms with E-state index in [-0.39, 0.29) is 17.5 Å². The normalized spacial score (nSPS) is 11.7. The molecule has 2 amide bonds. The first kappa shape index (κ1) is 23.7. The van der Waals surface area contributed by atoms with Crippen LogP contribution < -0.4 is 10.6 Å². The van der Waals surface area contributed by atoms with Crippen molar-refractivity contribution in [1.29, 1.82) is 0 Å². The number of anilines is 2. The highest BCUT2D eigenvalue weighted by Gasteiger charge is 2.20. The number of rotatable bonds is 5. The van der Waals surface area contributed by atoms with Crippen LogP contribution in [-0.4, -0.2) is 26.9 Å². The molecule has 0 atom stereocenters. The number of nitrogens with one attached hydrogen (secondary N) is 2. The van der Waals surface area contributed by atoms with E-state index in [0.29, 0.717) is 42.9 Å². The summed E-state index contributed by atoms with van der Waals surface area (Å²) in [5, 5.41) is 9.38. The Morgan fingerprint density at radius 2 is 1.81 bits per heavy atom. The zero-order valence-electron chi connectivity index (χ0n) is 18.4. The molecule has 3 heterocycles. The van der Waals surface area contributed by atoms with Gasteiger partial charge in [0.15, 0.2) is 5.69 Å². The van der Waals surface area contributed by atoms with E-state index < -0.39 is 0 Å². The van der Waals surface area contributed by atoms with E-state index in [0.717, 1.165) is 11.3 Å². The molecule has 0 saturated carbocycles. The van der Waals surface area contributed by atoms with Gasteiger partial charge < -0.3 is 15.2 Å². The molecule has 0 unspecified atom stereocenters. The maximum absolute atomic E-state index is 12.2. The molecule has 31 heavy (non-hydrogen) atoms. The number of hydrogen-bond donors (Lipinski definition) is 2. The van der Waals surface area contributed by atoms with Crippen LogP contribution in [0.2, 0.25) is 0 Å². The Bertz CT molecular complexity index is 986. The SMILES string of the molecule is CC.CC.O=C1CCc2c(CCc3cc(C(=O)Nc4ccccc4)no3)ncnc2N1. The van der Waals surface area contributed by atoms with Crippen molar-refractivity contribution < 1.29 is 14.1 Å².